The van der Waals surface area contributed by atoms with Crippen LogP contribution in [-0.2, 0) is 12.1 Å². The molecule has 1 N–H and O–H groups in total. The van der Waals surface area contributed by atoms with Gasteiger partial charge in [-0.05, 0) is 63.4 Å². The summed E-state index contributed by atoms with van der Waals surface area (Å²) in [4.78, 5) is 2.63. The lowest BCUT2D eigenvalue weighted by Gasteiger charge is -2.31. The predicted octanol–water partition coefficient (Wildman–Crippen LogP) is 3.27. The maximum absolute atomic E-state index is 3.71. The Morgan fingerprint density at radius 1 is 1.11 bits per heavy atom. The molecule has 2 nitrogen and oxygen atoms in total. The van der Waals surface area contributed by atoms with Gasteiger partial charge in [0.25, 0.3) is 0 Å². The van der Waals surface area contributed by atoms with Crippen molar-refractivity contribution in [2.45, 2.75) is 51.1 Å². The molecular weight excluding hydrogens is 232 g/mol. The van der Waals surface area contributed by atoms with Gasteiger partial charge in [-0.2, -0.15) is 0 Å². The van der Waals surface area contributed by atoms with Crippen LogP contribution in [0.3, 0.4) is 0 Å². The van der Waals surface area contributed by atoms with Crippen LogP contribution in [0.15, 0.2) is 24.3 Å². The van der Waals surface area contributed by atoms with Crippen molar-refractivity contribution in [1.82, 2.24) is 10.2 Å². The molecule has 104 valence electrons. The van der Waals surface area contributed by atoms with E-state index in [4.69, 9.17) is 0 Å². The number of piperidine rings is 1. The quantitative estimate of drug-likeness (QED) is 0.895. The molecule has 0 bridgehead atoms. The molecule has 2 heterocycles. The Balaban J connectivity index is 1.80. The minimum Gasteiger partial charge on any atom is -0.308 e. The highest BCUT2D eigenvalue weighted by Gasteiger charge is 2.31. The highest BCUT2D eigenvalue weighted by atomic mass is 15.1. The predicted molar refractivity (Wildman–Crippen MR) is 80.2 cm³/mol. The fraction of sp³-hybridized carbons (Fsp3) is 0.647. The Hall–Kier alpha value is -0.860. The van der Waals surface area contributed by atoms with Crippen LogP contribution >= 0.6 is 0 Å². The molecule has 0 aromatic heterocycles. The highest BCUT2D eigenvalue weighted by molar-refractivity contribution is 5.34. The standard InChI is InChI=1S/C17H26N2/c1-17(10-7-11-18-17)16-9-4-3-8-15(16)14-19-12-5-2-6-13-19/h3-4,8-9,18H,2,5-7,10-14H2,1H3. The molecule has 0 amide bonds. The van der Waals surface area contributed by atoms with E-state index in [2.05, 4.69) is 41.4 Å². The fourth-order valence-corrected chi connectivity index (χ4v) is 3.68. The minimum absolute atomic E-state index is 0.201. The van der Waals surface area contributed by atoms with E-state index in [0.29, 0.717) is 0 Å². The molecule has 2 saturated heterocycles. The summed E-state index contributed by atoms with van der Waals surface area (Å²) >= 11 is 0. The molecular formula is C17H26N2. The summed E-state index contributed by atoms with van der Waals surface area (Å²) in [5, 5.41) is 3.71. The minimum atomic E-state index is 0.201. The van der Waals surface area contributed by atoms with Gasteiger partial charge in [-0.15, -0.1) is 0 Å². The van der Waals surface area contributed by atoms with Crippen molar-refractivity contribution in [2.75, 3.05) is 19.6 Å². The molecule has 2 fully saturated rings. The van der Waals surface area contributed by atoms with Gasteiger partial charge in [0.05, 0.1) is 0 Å². The third-order valence-electron chi connectivity index (χ3n) is 4.82. The summed E-state index contributed by atoms with van der Waals surface area (Å²) in [6.07, 6.45) is 6.73. The third-order valence-corrected chi connectivity index (χ3v) is 4.82. The Kier molecular flexibility index (Phi) is 3.90. The van der Waals surface area contributed by atoms with E-state index in [1.807, 2.05) is 0 Å². The largest absolute Gasteiger partial charge is 0.308 e. The maximum atomic E-state index is 3.71. The second-order valence-electron chi connectivity index (χ2n) is 6.36. The second kappa shape index (κ2) is 5.64. The first-order chi connectivity index (χ1) is 9.28. The van der Waals surface area contributed by atoms with Gasteiger partial charge in [0.2, 0.25) is 0 Å². The molecule has 1 atom stereocenters. The van der Waals surface area contributed by atoms with E-state index in [-0.39, 0.29) is 5.54 Å². The Labute approximate surface area is 117 Å². The van der Waals surface area contributed by atoms with Crippen LogP contribution < -0.4 is 5.32 Å². The molecule has 3 rings (SSSR count). The normalized spacial score (nSPS) is 28.7. The lowest BCUT2D eigenvalue weighted by molar-refractivity contribution is 0.219. The molecule has 2 heteroatoms. The van der Waals surface area contributed by atoms with Gasteiger partial charge in [0, 0.05) is 12.1 Å². The fourth-order valence-electron chi connectivity index (χ4n) is 3.68. The molecule has 1 aromatic rings. The second-order valence-corrected chi connectivity index (χ2v) is 6.36. The lowest BCUT2D eigenvalue weighted by Crippen LogP contribution is -2.36. The van der Waals surface area contributed by atoms with Gasteiger partial charge < -0.3 is 5.32 Å². The van der Waals surface area contributed by atoms with E-state index in [0.717, 1.165) is 13.1 Å². The van der Waals surface area contributed by atoms with Crippen molar-refractivity contribution in [1.29, 1.82) is 0 Å². The van der Waals surface area contributed by atoms with Gasteiger partial charge in [0.15, 0.2) is 0 Å². The van der Waals surface area contributed by atoms with Crippen molar-refractivity contribution in [2.24, 2.45) is 0 Å². The zero-order valence-electron chi connectivity index (χ0n) is 12.1. The topological polar surface area (TPSA) is 15.3 Å². The van der Waals surface area contributed by atoms with Crippen LogP contribution in [-0.4, -0.2) is 24.5 Å². The first-order valence-electron chi connectivity index (χ1n) is 7.84. The summed E-state index contributed by atoms with van der Waals surface area (Å²) in [6, 6.07) is 9.05. The molecule has 1 aromatic carbocycles. The van der Waals surface area contributed by atoms with E-state index in [1.165, 1.54) is 56.3 Å². The van der Waals surface area contributed by atoms with E-state index in [9.17, 15) is 0 Å². The molecule has 0 saturated carbocycles. The Morgan fingerprint density at radius 2 is 1.89 bits per heavy atom. The van der Waals surface area contributed by atoms with Gasteiger partial charge in [-0.1, -0.05) is 30.7 Å². The number of nitrogens with one attached hydrogen (secondary N) is 1. The van der Waals surface area contributed by atoms with Gasteiger partial charge in [-0.25, -0.2) is 0 Å². The molecule has 2 aliphatic rings. The van der Waals surface area contributed by atoms with Crippen LogP contribution in [0.5, 0.6) is 0 Å². The molecule has 19 heavy (non-hydrogen) atoms. The van der Waals surface area contributed by atoms with Crippen LogP contribution in [0.2, 0.25) is 0 Å². The number of benzene rings is 1. The molecule has 0 spiro atoms. The van der Waals surface area contributed by atoms with Crippen LogP contribution in [0.25, 0.3) is 0 Å². The maximum Gasteiger partial charge on any atom is 0.0409 e. The number of likely N-dealkylation sites (tertiary alicyclic amines) is 1. The zero-order valence-corrected chi connectivity index (χ0v) is 12.1. The number of hydrogen-bond donors (Lipinski definition) is 1. The molecule has 2 aliphatic heterocycles. The van der Waals surface area contributed by atoms with E-state index >= 15 is 0 Å². The van der Waals surface area contributed by atoms with Gasteiger partial charge in [-0.3, -0.25) is 4.90 Å². The van der Waals surface area contributed by atoms with Crippen molar-refractivity contribution < 1.29 is 0 Å². The number of nitrogens with zero attached hydrogens (tertiary/aromatic N) is 1. The smallest absolute Gasteiger partial charge is 0.0409 e. The molecule has 0 aliphatic carbocycles. The van der Waals surface area contributed by atoms with Crippen LogP contribution in [0.4, 0.5) is 0 Å². The first kappa shape index (κ1) is 13.1. The highest BCUT2D eigenvalue weighted by Crippen LogP contribution is 2.33. The summed E-state index contributed by atoms with van der Waals surface area (Å²) in [7, 11) is 0. The lowest BCUT2D eigenvalue weighted by atomic mass is 9.86. The monoisotopic (exact) mass is 258 g/mol. The van der Waals surface area contributed by atoms with Crippen molar-refractivity contribution >= 4 is 0 Å². The SMILES string of the molecule is CC1(c2ccccc2CN2CCCCC2)CCCN1. The van der Waals surface area contributed by atoms with Gasteiger partial charge >= 0.3 is 0 Å². The van der Waals surface area contributed by atoms with E-state index < -0.39 is 0 Å². The summed E-state index contributed by atoms with van der Waals surface area (Å²) in [5.74, 6) is 0. The average Bonchev–Trinajstić information content (AvgIpc) is 2.88. The van der Waals surface area contributed by atoms with Crippen molar-refractivity contribution in [3.05, 3.63) is 35.4 Å². The van der Waals surface area contributed by atoms with Crippen LogP contribution in [0, 0.1) is 0 Å². The zero-order chi connectivity index (χ0) is 13.1. The Morgan fingerprint density at radius 3 is 2.63 bits per heavy atom. The van der Waals surface area contributed by atoms with Crippen molar-refractivity contribution in [3.63, 3.8) is 0 Å². The van der Waals surface area contributed by atoms with E-state index in [1.54, 1.807) is 0 Å². The Bertz CT molecular complexity index is 415. The molecule has 1 unspecified atom stereocenters. The van der Waals surface area contributed by atoms with Gasteiger partial charge in [0.1, 0.15) is 0 Å². The van der Waals surface area contributed by atoms with Crippen LogP contribution in [0.1, 0.15) is 50.2 Å². The summed E-state index contributed by atoms with van der Waals surface area (Å²) in [6.45, 7) is 7.22. The molecule has 0 radical (unpaired) electrons. The summed E-state index contributed by atoms with van der Waals surface area (Å²) in [5.41, 5.74) is 3.26. The third kappa shape index (κ3) is 2.85. The first-order valence-corrected chi connectivity index (χ1v) is 7.84. The summed E-state index contributed by atoms with van der Waals surface area (Å²) < 4.78 is 0. The average molecular weight is 258 g/mol. The van der Waals surface area contributed by atoms with Crippen molar-refractivity contribution in [3.8, 4) is 0 Å². The number of rotatable bonds is 3. The number of hydrogen-bond acceptors (Lipinski definition) is 2.